The van der Waals surface area contributed by atoms with Crippen molar-refractivity contribution < 1.29 is 8.42 Å². The second-order valence-electron chi connectivity index (χ2n) is 5.86. The number of benzene rings is 1. The Bertz CT molecular complexity index is 784. The van der Waals surface area contributed by atoms with Crippen molar-refractivity contribution in [1.29, 1.82) is 0 Å². The van der Waals surface area contributed by atoms with Gasteiger partial charge in [-0.3, -0.25) is 4.98 Å². The van der Waals surface area contributed by atoms with E-state index >= 15 is 0 Å². The lowest BCUT2D eigenvalue weighted by atomic mass is 10.1. The average molecular weight is 319 g/mol. The lowest BCUT2D eigenvalue weighted by molar-refractivity contribution is 0.429. The van der Waals surface area contributed by atoms with Crippen LogP contribution in [-0.2, 0) is 10.0 Å². The first-order chi connectivity index (χ1) is 10.5. The van der Waals surface area contributed by atoms with Crippen molar-refractivity contribution in [3.63, 3.8) is 0 Å². The summed E-state index contributed by atoms with van der Waals surface area (Å²) in [6.45, 7) is 5.74. The second kappa shape index (κ2) is 5.95. The zero-order valence-corrected chi connectivity index (χ0v) is 13.7. The fourth-order valence-electron chi connectivity index (χ4n) is 2.95. The van der Waals surface area contributed by atoms with Crippen LogP contribution in [0.5, 0.6) is 0 Å². The summed E-state index contributed by atoms with van der Waals surface area (Å²) in [4.78, 5) is 4.54. The van der Waals surface area contributed by atoms with Gasteiger partial charge in [-0.2, -0.15) is 4.31 Å². The van der Waals surface area contributed by atoms with Gasteiger partial charge < -0.3 is 5.32 Å². The number of aromatic nitrogens is 1. The monoisotopic (exact) mass is 319 g/mol. The topological polar surface area (TPSA) is 62.3 Å². The molecule has 1 aromatic heterocycles. The number of nitrogens with one attached hydrogen (secondary N) is 1. The summed E-state index contributed by atoms with van der Waals surface area (Å²) in [6.07, 6.45) is 4.26. The Labute approximate surface area is 131 Å². The number of hydrogen-bond donors (Lipinski definition) is 1. The molecule has 0 radical (unpaired) electrons. The molecular weight excluding hydrogens is 298 g/mol. The summed E-state index contributed by atoms with van der Waals surface area (Å²) in [5.74, 6) is 0. The van der Waals surface area contributed by atoms with Crippen molar-refractivity contribution in [2.24, 2.45) is 0 Å². The maximum atomic E-state index is 13.1. The third-order valence-electron chi connectivity index (χ3n) is 4.22. The van der Waals surface area contributed by atoms with E-state index in [1.165, 1.54) is 0 Å². The summed E-state index contributed by atoms with van der Waals surface area (Å²) >= 11 is 0. The van der Waals surface area contributed by atoms with Gasteiger partial charge in [0.15, 0.2) is 0 Å². The largest absolute Gasteiger partial charge is 0.313 e. The Morgan fingerprint density at radius 2 is 2.09 bits per heavy atom. The molecule has 1 atom stereocenters. The molecule has 0 aliphatic carbocycles. The maximum Gasteiger partial charge on any atom is 0.243 e. The van der Waals surface area contributed by atoms with E-state index in [9.17, 15) is 8.42 Å². The summed E-state index contributed by atoms with van der Waals surface area (Å²) in [5.41, 5.74) is 0.887. The van der Waals surface area contributed by atoms with Crippen LogP contribution >= 0.6 is 0 Å². The predicted molar refractivity (Wildman–Crippen MR) is 87.3 cm³/mol. The molecule has 2 aromatic rings. The Kier molecular flexibility index (Phi) is 4.16. The van der Waals surface area contributed by atoms with Crippen LogP contribution in [0.1, 0.15) is 18.9 Å². The molecule has 1 aliphatic heterocycles. The molecule has 0 spiro atoms. The van der Waals surface area contributed by atoms with Gasteiger partial charge in [-0.25, -0.2) is 8.42 Å². The van der Waals surface area contributed by atoms with Crippen LogP contribution < -0.4 is 5.32 Å². The van der Waals surface area contributed by atoms with Gasteiger partial charge >= 0.3 is 0 Å². The minimum absolute atomic E-state index is 0.346. The molecule has 0 bridgehead atoms. The number of fused-ring (bicyclic) bond motifs is 1. The number of sulfonamides is 1. The van der Waals surface area contributed by atoms with Crippen molar-refractivity contribution >= 4 is 20.8 Å². The Hall–Kier alpha value is -1.50. The van der Waals surface area contributed by atoms with Crippen LogP contribution in [0.4, 0.5) is 0 Å². The number of hydrogen-bond acceptors (Lipinski definition) is 4. The zero-order valence-electron chi connectivity index (χ0n) is 12.9. The molecule has 5 nitrogen and oxygen atoms in total. The number of pyridine rings is 1. The summed E-state index contributed by atoms with van der Waals surface area (Å²) in [6, 6.07) is 5.74. The van der Waals surface area contributed by atoms with E-state index in [0.717, 1.165) is 22.8 Å². The first-order valence-corrected chi connectivity index (χ1v) is 9.01. The highest BCUT2D eigenvalue weighted by Gasteiger charge is 2.28. The molecule has 118 valence electrons. The van der Waals surface area contributed by atoms with Gasteiger partial charge in [0.05, 0.1) is 4.90 Å². The highest BCUT2D eigenvalue weighted by Crippen LogP contribution is 2.28. The zero-order chi connectivity index (χ0) is 15.7. The van der Waals surface area contributed by atoms with E-state index in [2.05, 4.69) is 17.2 Å². The summed E-state index contributed by atoms with van der Waals surface area (Å²) < 4.78 is 27.8. The fourth-order valence-corrected chi connectivity index (χ4v) is 4.70. The molecule has 1 saturated heterocycles. The molecule has 1 N–H and O–H groups in total. The van der Waals surface area contributed by atoms with Gasteiger partial charge in [-0.15, -0.1) is 0 Å². The van der Waals surface area contributed by atoms with E-state index in [-0.39, 0.29) is 0 Å². The predicted octanol–water partition coefficient (Wildman–Crippen LogP) is 1.92. The SMILES string of the molecule is Cc1cncc2cccc(S(=O)(=O)N3CCNC(C)CC3)c12. The third kappa shape index (κ3) is 2.74. The van der Waals surface area contributed by atoms with Crippen molar-refractivity contribution in [2.75, 3.05) is 19.6 Å². The molecule has 1 unspecified atom stereocenters. The Morgan fingerprint density at radius 1 is 1.27 bits per heavy atom. The van der Waals surface area contributed by atoms with Gasteiger partial charge in [-0.05, 0) is 31.9 Å². The summed E-state index contributed by atoms with van der Waals surface area (Å²) in [5, 5.41) is 4.97. The minimum atomic E-state index is -3.49. The number of nitrogens with zero attached hydrogens (tertiary/aromatic N) is 2. The molecule has 2 heterocycles. The van der Waals surface area contributed by atoms with Gasteiger partial charge in [0.25, 0.3) is 0 Å². The molecule has 6 heteroatoms. The third-order valence-corrected chi connectivity index (χ3v) is 6.16. The molecule has 3 rings (SSSR count). The van der Waals surface area contributed by atoms with Crippen molar-refractivity contribution in [1.82, 2.24) is 14.6 Å². The summed E-state index contributed by atoms with van der Waals surface area (Å²) in [7, 11) is -3.49. The molecule has 0 amide bonds. The average Bonchev–Trinajstić information content (AvgIpc) is 2.72. The second-order valence-corrected chi connectivity index (χ2v) is 7.76. The van der Waals surface area contributed by atoms with Crippen LogP contribution in [0.15, 0.2) is 35.5 Å². The molecule has 1 fully saturated rings. The highest BCUT2D eigenvalue weighted by atomic mass is 32.2. The number of aryl methyl sites for hydroxylation is 1. The Balaban J connectivity index is 2.09. The van der Waals surface area contributed by atoms with E-state index in [1.807, 2.05) is 13.0 Å². The lowest BCUT2D eigenvalue weighted by Crippen LogP contribution is -2.34. The highest BCUT2D eigenvalue weighted by molar-refractivity contribution is 7.89. The van der Waals surface area contributed by atoms with Crippen molar-refractivity contribution in [3.8, 4) is 0 Å². The first kappa shape index (κ1) is 15.4. The van der Waals surface area contributed by atoms with E-state index in [1.54, 1.807) is 28.8 Å². The van der Waals surface area contributed by atoms with Gasteiger partial charge in [-0.1, -0.05) is 12.1 Å². The smallest absolute Gasteiger partial charge is 0.243 e. The van der Waals surface area contributed by atoms with Crippen LogP contribution in [0.2, 0.25) is 0 Å². The standard InChI is InChI=1S/C16H21N3O2S/c1-12-10-17-11-14-4-3-5-15(16(12)14)22(20,21)19-8-6-13(2)18-7-9-19/h3-5,10-11,13,18H,6-9H2,1-2H3. The minimum Gasteiger partial charge on any atom is -0.313 e. The van der Waals surface area contributed by atoms with Crippen molar-refractivity contribution in [3.05, 3.63) is 36.2 Å². The van der Waals surface area contributed by atoms with E-state index in [4.69, 9.17) is 0 Å². The normalized spacial score (nSPS) is 20.9. The van der Waals surface area contributed by atoms with E-state index < -0.39 is 10.0 Å². The molecule has 0 saturated carbocycles. The van der Waals surface area contributed by atoms with Crippen LogP contribution in [0.3, 0.4) is 0 Å². The lowest BCUT2D eigenvalue weighted by Gasteiger charge is -2.21. The van der Waals surface area contributed by atoms with E-state index in [0.29, 0.717) is 30.6 Å². The molecule has 22 heavy (non-hydrogen) atoms. The van der Waals surface area contributed by atoms with Crippen molar-refractivity contribution in [2.45, 2.75) is 31.2 Å². The van der Waals surface area contributed by atoms with Crippen LogP contribution in [0.25, 0.3) is 10.8 Å². The number of rotatable bonds is 2. The quantitative estimate of drug-likeness (QED) is 0.918. The van der Waals surface area contributed by atoms with Gasteiger partial charge in [0, 0.05) is 48.8 Å². The molecule has 1 aliphatic rings. The maximum absolute atomic E-state index is 13.1. The Morgan fingerprint density at radius 3 is 2.91 bits per heavy atom. The fraction of sp³-hybridized carbons (Fsp3) is 0.438. The van der Waals surface area contributed by atoms with Crippen LogP contribution in [0, 0.1) is 6.92 Å². The first-order valence-electron chi connectivity index (χ1n) is 7.57. The molecular formula is C16H21N3O2S. The van der Waals surface area contributed by atoms with Gasteiger partial charge in [0.2, 0.25) is 10.0 Å². The van der Waals surface area contributed by atoms with Gasteiger partial charge in [0.1, 0.15) is 0 Å². The van der Waals surface area contributed by atoms with Crippen LogP contribution in [-0.4, -0.2) is 43.4 Å². The molecule has 1 aromatic carbocycles.